The third-order valence-corrected chi connectivity index (χ3v) is 3.99. The second-order valence-electron chi connectivity index (χ2n) is 6.27. The van der Waals surface area contributed by atoms with E-state index in [1.807, 2.05) is 0 Å². The number of rotatable bonds is 3. The minimum absolute atomic E-state index is 0.186. The van der Waals surface area contributed by atoms with Gasteiger partial charge < -0.3 is 19.9 Å². The van der Waals surface area contributed by atoms with E-state index >= 15 is 0 Å². The van der Waals surface area contributed by atoms with Crippen molar-refractivity contribution in [2.24, 2.45) is 5.41 Å². The van der Waals surface area contributed by atoms with Crippen molar-refractivity contribution in [3.63, 3.8) is 0 Å². The molecule has 108 valence electrons. The summed E-state index contributed by atoms with van der Waals surface area (Å²) >= 11 is 0. The van der Waals surface area contributed by atoms with Gasteiger partial charge in [-0.2, -0.15) is 0 Å². The molecule has 5 nitrogen and oxygen atoms in total. The van der Waals surface area contributed by atoms with Gasteiger partial charge in [0.2, 0.25) is 5.76 Å². The predicted octanol–water partition coefficient (Wildman–Crippen LogP) is 1.32. The van der Waals surface area contributed by atoms with Crippen LogP contribution in [-0.2, 0) is 14.3 Å². The van der Waals surface area contributed by atoms with Crippen molar-refractivity contribution in [1.29, 1.82) is 0 Å². The molecule has 1 fully saturated rings. The van der Waals surface area contributed by atoms with Crippen LogP contribution >= 0.6 is 0 Å². The molecular weight excluding hydrogens is 246 g/mol. The summed E-state index contributed by atoms with van der Waals surface area (Å²) in [6.45, 7) is 5.54. The van der Waals surface area contributed by atoms with E-state index in [9.17, 15) is 9.90 Å². The average Bonchev–Trinajstić information content (AvgIpc) is 2.41. The van der Waals surface area contributed by atoms with Crippen LogP contribution in [0.15, 0.2) is 12.0 Å². The van der Waals surface area contributed by atoms with Gasteiger partial charge in [-0.15, -0.1) is 0 Å². The van der Waals surface area contributed by atoms with Gasteiger partial charge in [-0.3, -0.25) is 4.79 Å². The molecule has 1 amide bonds. The predicted molar refractivity (Wildman–Crippen MR) is 70.2 cm³/mol. The average molecular weight is 269 g/mol. The molecule has 2 rings (SSSR count). The molecule has 5 heteroatoms. The number of hydrogen-bond donors (Lipinski definition) is 2. The number of ether oxygens (including phenoxy) is 2. The molecule has 0 bridgehead atoms. The Morgan fingerprint density at radius 1 is 1.32 bits per heavy atom. The lowest BCUT2D eigenvalue weighted by Gasteiger charge is -2.40. The molecule has 0 radical (unpaired) electrons. The van der Waals surface area contributed by atoms with Crippen molar-refractivity contribution in [1.82, 2.24) is 5.32 Å². The fourth-order valence-corrected chi connectivity index (χ4v) is 2.39. The molecule has 0 aromatic rings. The molecule has 2 aliphatic rings. The smallest absolute Gasteiger partial charge is 0.289 e. The van der Waals surface area contributed by atoms with Gasteiger partial charge in [-0.1, -0.05) is 13.8 Å². The van der Waals surface area contributed by atoms with Crippen molar-refractivity contribution in [2.45, 2.75) is 45.1 Å². The molecule has 0 saturated heterocycles. The lowest BCUT2D eigenvalue weighted by Crippen LogP contribution is -2.47. The molecule has 1 aliphatic heterocycles. The highest BCUT2D eigenvalue weighted by molar-refractivity contribution is 5.91. The van der Waals surface area contributed by atoms with Gasteiger partial charge in [0, 0.05) is 6.54 Å². The molecule has 19 heavy (non-hydrogen) atoms. The molecule has 1 saturated carbocycles. The Bertz CT molecular complexity index is 366. The van der Waals surface area contributed by atoms with E-state index in [2.05, 4.69) is 19.2 Å². The van der Waals surface area contributed by atoms with E-state index in [0.29, 0.717) is 18.6 Å². The number of carbonyl (C=O) groups is 1. The van der Waals surface area contributed by atoms with Crippen molar-refractivity contribution < 1.29 is 19.4 Å². The first-order chi connectivity index (χ1) is 8.90. The first kappa shape index (κ1) is 14.2. The van der Waals surface area contributed by atoms with Gasteiger partial charge >= 0.3 is 0 Å². The van der Waals surface area contributed by atoms with Crippen LogP contribution in [0.4, 0.5) is 0 Å². The highest BCUT2D eigenvalue weighted by Crippen LogP contribution is 2.39. The first-order valence-electron chi connectivity index (χ1n) is 6.85. The van der Waals surface area contributed by atoms with Gasteiger partial charge in [0.15, 0.2) is 0 Å². The maximum absolute atomic E-state index is 11.8. The van der Waals surface area contributed by atoms with Crippen molar-refractivity contribution in [3.05, 3.63) is 12.0 Å². The molecular formula is C14H23NO4. The normalized spacial score (nSPS) is 24.7. The van der Waals surface area contributed by atoms with Crippen LogP contribution in [0.25, 0.3) is 0 Å². The minimum atomic E-state index is -0.790. The van der Waals surface area contributed by atoms with Crippen LogP contribution in [-0.4, -0.2) is 36.4 Å². The Labute approximate surface area is 114 Å². The third-order valence-electron chi connectivity index (χ3n) is 3.99. The zero-order valence-electron chi connectivity index (χ0n) is 11.7. The summed E-state index contributed by atoms with van der Waals surface area (Å²) in [4.78, 5) is 11.8. The second-order valence-corrected chi connectivity index (χ2v) is 6.27. The Kier molecular flexibility index (Phi) is 4.04. The Morgan fingerprint density at radius 2 is 2.00 bits per heavy atom. The number of amides is 1. The van der Waals surface area contributed by atoms with Crippen LogP contribution in [0, 0.1) is 5.41 Å². The zero-order chi connectivity index (χ0) is 13.9. The Balaban J connectivity index is 1.81. The largest absolute Gasteiger partial charge is 0.494 e. The molecule has 0 unspecified atom stereocenters. The summed E-state index contributed by atoms with van der Waals surface area (Å²) in [6, 6.07) is 0. The van der Waals surface area contributed by atoms with E-state index in [4.69, 9.17) is 9.47 Å². The van der Waals surface area contributed by atoms with Crippen molar-refractivity contribution >= 4 is 5.91 Å². The number of hydrogen-bond acceptors (Lipinski definition) is 4. The Morgan fingerprint density at radius 3 is 2.58 bits per heavy atom. The SMILES string of the molecule is CC1(C)CCC(O)(CNC(=O)C2=COCCO2)CC1. The van der Waals surface area contributed by atoms with Crippen LogP contribution in [0.3, 0.4) is 0 Å². The molecule has 0 aromatic heterocycles. The maximum atomic E-state index is 11.8. The fourth-order valence-electron chi connectivity index (χ4n) is 2.39. The second kappa shape index (κ2) is 5.41. The van der Waals surface area contributed by atoms with Gasteiger partial charge in [-0.05, 0) is 31.1 Å². The van der Waals surface area contributed by atoms with Crippen LogP contribution in [0.5, 0.6) is 0 Å². The molecule has 2 N–H and O–H groups in total. The molecule has 1 aliphatic carbocycles. The van der Waals surface area contributed by atoms with Crippen LogP contribution in [0.2, 0.25) is 0 Å². The van der Waals surface area contributed by atoms with E-state index in [-0.39, 0.29) is 18.2 Å². The summed E-state index contributed by atoms with van der Waals surface area (Å²) < 4.78 is 10.2. The van der Waals surface area contributed by atoms with Crippen molar-refractivity contribution in [3.8, 4) is 0 Å². The molecule has 1 heterocycles. The zero-order valence-corrected chi connectivity index (χ0v) is 11.7. The number of aliphatic hydroxyl groups is 1. The highest BCUT2D eigenvalue weighted by Gasteiger charge is 2.37. The monoisotopic (exact) mass is 269 g/mol. The quantitative estimate of drug-likeness (QED) is 0.811. The van der Waals surface area contributed by atoms with Gasteiger partial charge in [0.05, 0.1) is 5.60 Å². The van der Waals surface area contributed by atoms with Gasteiger partial charge in [0.1, 0.15) is 19.5 Å². The summed E-state index contributed by atoms with van der Waals surface area (Å²) in [5.74, 6) is -0.135. The number of carbonyl (C=O) groups excluding carboxylic acids is 1. The Hall–Kier alpha value is -1.23. The van der Waals surface area contributed by atoms with E-state index in [0.717, 1.165) is 25.7 Å². The summed E-state index contributed by atoms with van der Waals surface area (Å²) in [7, 11) is 0. The molecule has 0 aromatic carbocycles. The van der Waals surface area contributed by atoms with E-state index in [1.165, 1.54) is 6.26 Å². The summed E-state index contributed by atoms with van der Waals surface area (Å²) in [6.07, 6.45) is 4.71. The van der Waals surface area contributed by atoms with Gasteiger partial charge in [-0.25, -0.2) is 0 Å². The van der Waals surface area contributed by atoms with Crippen LogP contribution < -0.4 is 5.32 Å². The van der Waals surface area contributed by atoms with E-state index in [1.54, 1.807) is 0 Å². The lowest BCUT2D eigenvalue weighted by molar-refractivity contribution is -0.124. The van der Waals surface area contributed by atoms with Crippen molar-refractivity contribution in [2.75, 3.05) is 19.8 Å². The molecule has 0 atom stereocenters. The summed E-state index contributed by atoms with van der Waals surface area (Å²) in [5, 5.41) is 13.2. The summed E-state index contributed by atoms with van der Waals surface area (Å²) in [5.41, 5.74) is -0.500. The maximum Gasteiger partial charge on any atom is 0.289 e. The van der Waals surface area contributed by atoms with Gasteiger partial charge in [0.25, 0.3) is 5.91 Å². The standard InChI is InChI=1S/C14H23NO4/c1-13(2)3-5-14(17,6-4-13)10-15-12(16)11-9-18-7-8-19-11/h9,17H,3-8,10H2,1-2H3,(H,15,16). The third kappa shape index (κ3) is 3.86. The van der Waals surface area contributed by atoms with E-state index < -0.39 is 5.60 Å². The fraction of sp³-hybridized carbons (Fsp3) is 0.786. The number of nitrogens with one attached hydrogen (secondary N) is 1. The van der Waals surface area contributed by atoms with Crippen LogP contribution in [0.1, 0.15) is 39.5 Å². The first-order valence-corrected chi connectivity index (χ1v) is 6.85. The highest BCUT2D eigenvalue weighted by atomic mass is 16.6. The lowest BCUT2D eigenvalue weighted by atomic mass is 9.71. The topological polar surface area (TPSA) is 67.8 Å². The minimum Gasteiger partial charge on any atom is -0.494 e. The molecule has 0 spiro atoms.